The van der Waals surface area contributed by atoms with E-state index in [2.05, 4.69) is 0 Å². The van der Waals surface area contributed by atoms with Crippen molar-refractivity contribution in [2.24, 2.45) is 0 Å². The van der Waals surface area contributed by atoms with Crippen LogP contribution in [0, 0.1) is 0 Å². The van der Waals surface area contributed by atoms with E-state index in [0.29, 0.717) is 29.3 Å². The summed E-state index contributed by atoms with van der Waals surface area (Å²) in [6, 6.07) is 12.0. The minimum Gasteiger partial charge on any atom is -0.224 e. The second-order valence-electron chi connectivity index (χ2n) is 5.61. The van der Waals surface area contributed by atoms with Crippen molar-refractivity contribution in [2.45, 2.75) is 29.1 Å². The Morgan fingerprint density at radius 2 is 0.880 bits per heavy atom. The van der Waals surface area contributed by atoms with Gasteiger partial charge in [0.15, 0.2) is 19.7 Å². The molecule has 0 bridgehead atoms. The number of unbranched alkanes of at least 4 members (excludes halogenated alkanes) is 2. The van der Waals surface area contributed by atoms with Crippen molar-refractivity contribution < 1.29 is 16.8 Å². The van der Waals surface area contributed by atoms with Gasteiger partial charge in [-0.25, -0.2) is 16.8 Å². The third kappa shape index (κ3) is 5.99. The quantitative estimate of drug-likeness (QED) is 0.592. The molecule has 25 heavy (non-hydrogen) atoms. The van der Waals surface area contributed by atoms with Gasteiger partial charge in [0, 0.05) is 10.0 Å². The zero-order valence-corrected chi connectivity index (χ0v) is 16.5. The lowest BCUT2D eigenvalue weighted by molar-refractivity contribution is 0.587. The van der Waals surface area contributed by atoms with Crippen LogP contribution in [0.5, 0.6) is 0 Å². The van der Waals surface area contributed by atoms with Gasteiger partial charge in [-0.1, -0.05) is 29.6 Å². The summed E-state index contributed by atoms with van der Waals surface area (Å²) >= 11 is 11.5. The van der Waals surface area contributed by atoms with E-state index in [1.54, 1.807) is 0 Å². The second kappa shape index (κ2) is 8.54. The molecule has 0 aliphatic carbocycles. The normalized spacial score (nSPS) is 12.2. The van der Waals surface area contributed by atoms with Crippen LogP contribution in [0.1, 0.15) is 19.3 Å². The Labute approximate surface area is 158 Å². The Hall–Kier alpha value is -1.08. The smallest absolute Gasteiger partial charge is 0.178 e. The Kier molecular flexibility index (Phi) is 6.91. The van der Waals surface area contributed by atoms with Gasteiger partial charge < -0.3 is 0 Å². The van der Waals surface area contributed by atoms with Gasteiger partial charge in [0.05, 0.1) is 21.3 Å². The zero-order chi connectivity index (χ0) is 18.5. The van der Waals surface area contributed by atoms with Crippen LogP contribution in [0.25, 0.3) is 0 Å². The lowest BCUT2D eigenvalue weighted by atomic mass is 10.3. The van der Waals surface area contributed by atoms with Crippen LogP contribution >= 0.6 is 23.2 Å². The van der Waals surface area contributed by atoms with Crippen molar-refractivity contribution in [3.8, 4) is 0 Å². The van der Waals surface area contributed by atoms with Crippen LogP contribution in [0.15, 0.2) is 58.3 Å². The van der Waals surface area contributed by atoms with E-state index in [9.17, 15) is 16.8 Å². The highest BCUT2D eigenvalue weighted by Crippen LogP contribution is 2.19. The summed E-state index contributed by atoms with van der Waals surface area (Å²) in [6.07, 6.45) is 1.32. The molecule has 0 aliphatic heterocycles. The van der Waals surface area contributed by atoms with Gasteiger partial charge in [0.2, 0.25) is 0 Å². The Balaban J connectivity index is 1.83. The molecular weight excluding hydrogens is 403 g/mol. The highest BCUT2D eigenvalue weighted by molar-refractivity contribution is 7.91. The van der Waals surface area contributed by atoms with E-state index < -0.39 is 19.7 Å². The monoisotopic (exact) mass is 420 g/mol. The number of benzene rings is 2. The molecule has 0 unspecified atom stereocenters. The average molecular weight is 421 g/mol. The van der Waals surface area contributed by atoms with E-state index in [-0.39, 0.29) is 21.3 Å². The van der Waals surface area contributed by atoms with Crippen LogP contribution in [-0.4, -0.2) is 28.3 Å². The summed E-state index contributed by atoms with van der Waals surface area (Å²) < 4.78 is 48.7. The second-order valence-corrected chi connectivity index (χ2v) is 10.7. The topological polar surface area (TPSA) is 68.3 Å². The molecule has 0 fully saturated rings. The van der Waals surface area contributed by atoms with Crippen LogP contribution < -0.4 is 0 Å². The number of hydrogen-bond acceptors (Lipinski definition) is 4. The molecule has 0 N–H and O–H groups in total. The summed E-state index contributed by atoms with van der Waals surface area (Å²) in [5, 5.41) is 0.956. The number of sulfone groups is 2. The van der Waals surface area contributed by atoms with Gasteiger partial charge >= 0.3 is 0 Å². The van der Waals surface area contributed by atoms with Gasteiger partial charge in [-0.2, -0.15) is 0 Å². The molecule has 0 saturated heterocycles. The summed E-state index contributed by atoms with van der Waals surface area (Å²) in [5.41, 5.74) is 0. The van der Waals surface area contributed by atoms with E-state index in [4.69, 9.17) is 23.2 Å². The predicted octanol–water partition coefficient (Wildman–Crippen LogP) is 4.41. The molecule has 0 saturated carbocycles. The molecule has 136 valence electrons. The van der Waals surface area contributed by atoms with Crippen molar-refractivity contribution in [3.05, 3.63) is 58.6 Å². The fourth-order valence-corrected chi connectivity index (χ4v) is 5.27. The van der Waals surface area contributed by atoms with Gasteiger partial charge in [0.25, 0.3) is 0 Å². The molecule has 0 aromatic heterocycles. The lowest BCUT2D eigenvalue weighted by Crippen LogP contribution is -2.09. The predicted molar refractivity (Wildman–Crippen MR) is 101 cm³/mol. The minimum absolute atomic E-state index is 0.0182. The first kappa shape index (κ1) is 20.2. The van der Waals surface area contributed by atoms with Crippen molar-refractivity contribution >= 4 is 42.9 Å². The van der Waals surface area contributed by atoms with Crippen molar-refractivity contribution in [2.75, 3.05) is 11.5 Å². The molecule has 2 aromatic rings. The fourth-order valence-electron chi connectivity index (χ4n) is 2.28. The molecule has 0 aliphatic rings. The summed E-state index contributed by atoms with van der Waals surface area (Å²) in [5.74, 6) is -0.0365. The summed E-state index contributed by atoms with van der Waals surface area (Å²) in [7, 11) is -6.75. The van der Waals surface area contributed by atoms with E-state index >= 15 is 0 Å². The molecule has 2 rings (SSSR count). The van der Waals surface area contributed by atoms with Crippen LogP contribution in [0.2, 0.25) is 10.0 Å². The molecule has 0 atom stereocenters. The highest BCUT2D eigenvalue weighted by atomic mass is 35.5. The SMILES string of the molecule is O=S(=O)(CCCCCS(=O)(=O)c1ccc(Cl)cc1)c1ccc(Cl)cc1. The van der Waals surface area contributed by atoms with E-state index in [0.717, 1.165) is 0 Å². The maximum atomic E-state index is 12.2. The van der Waals surface area contributed by atoms with Gasteiger partial charge in [-0.15, -0.1) is 0 Å². The van der Waals surface area contributed by atoms with Gasteiger partial charge in [0.1, 0.15) is 0 Å². The first-order chi connectivity index (χ1) is 11.7. The highest BCUT2D eigenvalue weighted by Gasteiger charge is 2.16. The van der Waals surface area contributed by atoms with Crippen LogP contribution in [-0.2, 0) is 19.7 Å². The molecule has 0 radical (unpaired) electrons. The van der Waals surface area contributed by atoms with Crippen molar-refractivity contribution in [1.82, 2.24) is 0 Å². The average Bonchev–Trinajstić information content (AvgIpc) is 2.55. The minimum atomic E-state index is -3.37. The first-order valence-electron chi connectivity index (χ1n) is 7.67. The maximum absolute atomic E-state index is 12.2. The summed E-state index contributed by atoms with van der Waals surface area (Å²) in [6.45, 7) is 0. The largest absolute Gasteiger partial charge is 0.224 e. The van der Waals surface area contributed by atoms with Crippen LogP contribution in [0.3, 0.4) is 0 Å². The molecule has 4 nitrogen and oxygen atoms in total. The van der Waals surface area contributed by atoms with Gasteiger partial charge in [-0.3, -0.25) is 0 Å². The molecule has 0 spiro atoms. The molecule has 8 heteroatoms. The van der Waals surface area contributed by atoms with Crippen molar-refractivity contribution in [1.29, 1.82) is 0 Å². The maximum Gasteiger partial charge on any atom is 0.178 e. The standard InChI is InChI=1S/C17H18Cl2O4S2/c18-14-4-8-16(9-5-14)24(20,21)12-2-1-3-13-25(22,23)17-10-6-15(19)7-11-17/h4-11H,1-3,12-13H2. The van der Waals surface area contributed by atoms with Gasteiger partial charge in [-0.05, 0) is 61.4 Å². The number of halogens is 2. The Bertz CT molecular complexity index is 827. The van der Waals surface area contributed by atoms with E-state index in [1.807, 2.05) is 0 Å². The third-order valence-corrected chi connectivity index (χ3v) is 7.81. The fraction of sp³-hybridized carbons (Fsp3) is 0.294. The molecule has 0 heterocycles. The molecule has 0 amide bonds. The number of hydrogen-bond donors (Lipinski definition) is 0. The van der Waals surface area contributed by atoms with Crippen LogP contribution in [0.4, 0.5) is 0 Å². The number of rotatable bonds is 8. The molecule has 2 aromatic carbocycles. The van der Waals surface area contributed by atoms with Crippen molar-refractivity contribution in [3.63, 3.8) is 0 Å². The lowest BCUT2D eigenvalue weighted by Gasteiger charge is -2.06. The third-order valence-electron chi connectivity index (χ3n) is 3.67. The Morgan fingerprint density at radius 1 is 0.560 bits per heavy atom. The summed E-state index contributed by atoms with van der Waals surface area (Å²) in [4.78, 5) is 0.455. The Morgan fingerprint density at radius 3 is 1.20 bits per heavy atom. The first-order valence-corrected chi connectivity index (χ1v) is 11.7. The van der Waals surface area contributed by atoms with E-state index in [1.165, 1.54) is 48.5 Å². The zero-order valence-electron chi connectivity index (χ0n) is 13.4. The molecular formula is C17H18Cl2O4S2.